The Morgan fingerprint density at radius 3 is 2.33 bits per heavy atom. The first kappa shape index (κ1) is 28.3. The maximum absolute atomic E-state index is 13.2. The van der Waals surface area contributed by atoms with Gasteiger partial charge in [0.2, 0.25) is 0 Å². The van der Waals surface area contributed by atoms with Crippen molar-refractivity contribution >= 4 is 5.97 Å². The molecule has 4 nitrogen and oxygen atoms in total. The molecular weight excluding hydrogens is 487 g/mol. The predicted octanol–water partition coefficient (Wildman–Crippen LogP) is 7.00. The van der Waals surface area contributed by atoms with E-state index in [4.69, 9.17) is 0 Å². The van der Waals surface area contributed by atoms with Gasteiger partial charge in [0.1, 0.15) is 5.82 Å². The van der Waals surface area contributed by atoms with Crippen LogP contribution in [0.25, 0.3) is 0 Å². The van der Waals surface area contributed by atoms with Gasteiger partial charge in [0.05, 0.1) is 6.54 Å². The van der Waals surface area contributed by atoms with Crippen molar-refractivity contribution in [2.24, 2.45) is 17.8 Å². The number of carboxylic acid groups (broad SMARTS) is 1. The molecule has 0 aromatic heterocycles. The van der Waals surface area contributed by atoms with Crippen LogP contribution >= 0.6 is 0 Å². The fraction of sp³-hybridized carbons (Fsp3) is 0.618. The van der Waals surface area contributed by atoms with Crippen molar-refractivity contribution < 1.29 is 14.3 Å². The normalized spacial score (nSPS) is 25.0. The summed E-state index contributed by atoms with van der Waals surface area (Å²) in [5.74, 6) is 1.70. The Hall–Kier alpha value is -2.24. The van der Waals surface area contributed by atoms with E-state index in [0.29, 0.717) is 23.8 Å². The molecule has 3 atom stereocenters. The van der Waals surface area contributed by atoms with Gasteiger partial charge in [0.15, 0.2) is 0 Å². The third-order valence-electron chi connectivity index (χ3n) is 9.91. The van der Waals surface area contributed by atoms with Gasteiger partial charge in [-0.3, -0.25) is 9.69 Å². The number of halogens is 1. The summed E-state index contributed by atoms with van der Waals surface area (Å²) in [5.41, 5.74) is 2.67. The summed E-state index contributed by atoms with van der Waals surface area (Å²) in [6, 6.07) is 18.3. The molecule has 0 spiro atoms. The number of aliphatic carboxylic acids is 1. The van der Waals surface area contributed by atoms with Gasteiger partial charge in [-0.25, -0.2) is 4.39 Å². The molecule has 0 radical (unpaired) electrons. The van der Waals surface area contributed by atoms with Gasteiger partial charge in [-0.2, -0.15) is 0 Å². The fourth-order valence-electron chi connectivity index (χ4n) is 7.78. The van der Waals surface area contributed by atoms with Crippen molar-refractivity contribution in [2.75, 3.05) is 32.7 Å². The molecule has 1 heterocycles. The minimum Gasteiger partial charge on any atom is -0.480 e. The van der Waals surface area contributed by atoms with Crippen LogP contribution in [0.3, 0.4) is 0 Å². The van der Waals surface area contributed by atoms with Gasteiger partial charge >= 0.3 is 5.97 Å². The second-order valence-corrected chi connectivity index (χ2v) is 12.6. The predicted molar refractivity (Wildman–Crippen MR) is 155 cm³/mol. The van der Waals surface area contributed by atoms with Crippen LogP contribution < -0.4 is 0 Å². The second-order valence-electron chi connectivity index (χ2n) is 12.6. The van der Waals surface area contributed by atoms with Crippen LogP contribution in [0.15, 0.2) is 54.6 Å². The van der Waals surface area contributed by atoms with Crippen LogP contribution in [0.5, 0.6) is 0 Å². The van der Waals surface area contributed by atoms with Crippen LogP contribution in [-0.2, 0) is 11.2 Å². The average molecular weight is 535 g/mol. The quantitative estimate of drug-likeness (QED) is 0.318. The molecule has 5 heteroatoms. The SMILES string of the molecule is O=C(O)CN(CC1CCCC1)C1CC(CN2CCC(CCCc3ccc(F)cc3)CC2)C(c2ccccc2)C1. The number of rotatable bonds is 12. The van der Waals surface area contributed by atoms with Crippen molar-refractivity contribution in [3.8, 4) is 0 Å². The third-order valence-corrected chi connectivity index (χ3v) is 9.91. The van der Waals surface area contributed by atoms with E-state index in [-0.39, 0.29) is 12.4 Å². The van der Waals surface area contributed by atoms with Crippen LogP contribution in [0.4, 0.5) is 4.39 Å². The molecule has 2 aromatic carbocycles. The zero-order valence-electron chi connectivity index (χ0n) is 23.5. The first-order valence-electron chi connectivity index (χ1n) is 15.5. The summed E-state index contributed by atoms with van der Waals surface area (Å²) in [6.45, 7) is 4.60. The lowest BCUT2D eigenvalue weighted by Crippen LogP contribution is -2.41. The van der Waals surface area contributed by atoms with Crippen LogP contribution in [0, 0.1) is 23.6 Å². The number of nitrogens with zero attached hydrogens (tertiary/aromatic N) is 2. The number of hydrogen-bond acceptors (Lipinski definition) is 3. The molecule has 3 fully saturated rings. The molecule has 212 valence electrons. The van der Waals surface area contributed by atoms with E-state index >= 15 is 0 Å². The zero-order valence-corrected chi connectivity index (χ0v) is 23.5. The van der Waals surface area contributed by atoms with Gasteiger partial charge in [-0.1, -0.05) is 61.7 Å². The lowest BCUT2D eigenvalue weighted by Gasteiger charge is -2.35. The van der Waals surface area contributed by atoms with E-state index in [1.807, 2.05) is 12.1 Å². The zero-order chi connectivity index (χ0) is 27.0. The molecule has 1 N–H and O–H groups in total. The smallest absolute Gasteiger partial charge is 0.317 e. The Bertz CT molecular complexity index is 1020. The van der Waals surface area contributed by atoms with E-state index in [1.165, 1.54) is 75.6 Å². The molecule has 2 saturated carbocycles. The van der Waals surface area contributed by atoms with Crippen molar-refractivity contribution in [1.29, 1.82) is 0 Å². The summed E-state index contributed by atoms with van der Waals surface area (Å²) in [5, 5.41) is 9.73. The molecule has 39 heavy (non-hydrogen) atoms. The molecule has 0 bridgehead atoms. The Kier molecular flexibility index (Phi) is 10.1. The minimum absolute atomic E-state index is 0.155. The Morgan fingerprint density at radius 2 is 1.64 bits per heavy atom. The van der Waals surface area contributed by atoms with Gasteiger partial charge in [0, 0.05) is 19.1 Å². The number of likely N-dealkylation sites (tertiary alicyclic amines) is 1. The van der Waals surface area contributed by atoms with E-state index in [0.717, 1.165) is 38.3 Å². The molecular formula is C34H47FN2O2. The molecule has 2 aromatic rings. The fourth-order valence-corrected chi connectivity index (χ4v) is 7.78. The molecule has 1 saturated heterocycles. The number of carbonyl (C=O) groups is 1. The van der Waals surface area contributed by atoms with Crippen molar-refractivity contribution in [3.63, 3.8) is 0 Å². The van der Waals surface area contributed by atoms with E-state index < -0.39 is 5.97 Å². The van der Waals surface area contributed by atoms with Crippen LogP contribution in [-0.4, -0.2) is 59.6 Å². The third kappa shape index (κ3) is 8.14. The largest absolute Gasteiger partial charge is 0.480 e. The standard InChI is InChI=1S/C34H47FN2O2/c35-31-15-13-26(14-16-31)9-6-10-27-17-19-36(20-18-27)24-30-21-32(22-33(30)29-11-2-1-3-12-29)37(25-34(38)39)23-28-7-4-5-8-28/h1-3,11-16,27-28,30,32-33H,4-10,17-25H2,(H,38,39). The summed E-state index contributed by atoms with van der Waals surface area (Å²) in [7, 11) is 0. The lowest BCUT2D eigenvalue weighted by atomic mass is 9.87. The Balaban J connectivity index is 1.15. The van der Waals surface area contributed by atoms with Gasteiger partial charge < -0.3 is 10.0 Å². The number of hydrogen-bond donors (Lipinski definition) is 1. The number of aryl methyl sites for hydroxylation is 1. The first-order chi connectivity index (χ1) is 19.0. The maximum atomic E-state index is 13.2. The van der Waals surface area contributed by atoms with Crippen molar-refractivity contribution in [2.45, 2.75) is 82.6 Å². The highest BCUT2D eigenvalue weighted by Crippen LogP contribution is 2.43. The van der Waals surface area contributed by atoms with Crippen LogP contribution in [0.1, 0.15) is 81.3 Å². The number of carboxylic acids is 1. The topological polar surface area (TPSA) is 43.8 Å². The van der Waals surface area contributed by atoms with Crippen molar-refractivity contribution in [1.82, 2.24) is 9.80 Å². The Labute approximate surface area is 234 Å². The van der Waals surface area contributed by atoms with Gasteiger partial charge in [-0.15, -0.1) is 0 Å². The summed E-state index contributed by atoms with van der Waals surface area (Å²) in [6.07, 6.45) is 13.3. The molecule has 1 aliphatic heterocycles. The number of benzene rings is 2. The van der Waals surface area contributed by atoms with Crippen LogP contribution in [0.2, 0.25) is 0 Å². The summed E-state index contributed by atoms with van der Waals surface area (Å²) >= 11 is 0. The van der Waals surface area contributed by atoms with Gasteiger partial charge in [0.25, 0.3) is 0 Å². The highest BCUT2D eigenvalue weighted by Gasteiger charge is 2.40. The molecule has 2 aliphatic carbocycles. The molecule has 3 unspecified atom stereocenters. The average Bonchev–Trinajstić information content (AvgIpc) is 3.61. The van der Waals surface area contributed by atoms with E-state index in [9.17, 15) is 14.3 Å². The molecule has 3 aliphatic rings. The van der Waals surface area contributed by atoms with E-state index in [2.05, 4.69) is 40.1 Å². The summed E-state index contributed by atoms with van der Waals surface area (Å²) in [4.78, 5) is 16.9. The first-order valence-corrected chi connectivity index (χ1v) is 15.5. The minimum atomic E-state index is -0.686. The van der Waals surface area contributed by atoms with E-state index in [1.54, 1.807) is 12.1 Å². The maximum Gasteiger partial charge on any atom is 0.317 e. The summed E-state index contributed by atoms with van der Waals surface area (Å²) < 4.78 is 13.2. The monoisotopic (exact) mass is 534 g/mol. The lowest BCUT2D eigenvalue weighted by molar-refractivity contribution is -0.139. The highest BCUT2D eigenvalue weighted by molar-refractivity contribution is 5.69. The Morgan fingerprint density at radius 1 is 0.923 bits per heavy atom. The molecule has 0 amide bonds. The van der Waals surface area contributed by atoms with Crippen molar-refractivity contribution in [3.05, 3.63) is 71.5 Å². The number of piperidine rings is 1. The van der Waals surface area contributed by atoms with Gasteiger partial charge in [-0.05, 0) is 111 Å². The highest BCUT2D eigenvalue weighted by atomic mass is 19.1. The second kappa shape index (κ2) is 13.9. The molecule has 5 rings (SSSR count).